The molecule has 0 spiro atoms. The molecule has 0 radical (unpaired) electrons. The number of aromatic nitrogens is 1. The maximum atomic E-state index is 12.6. The second kappa shape index (κ2) is 13.6. The first-order chi connectivity index (χ1) is 14.4. The highest BCUT2D eigenvalue weighted by Crippen LogP contribution is 2.25. The number of halogens is 3. The topological polar surface area (TPSA) is 96.9 Å². The fraction of sp³-hybridized carbons (Fsp3) is 0.350. The SMILES string of the molecule is CN=C(NCCC(=O)Nc1cccc(C)n1)NCc1cc(OC)ccc1OC(F)F.I. The molecule has 11 heteroatoms. The van der Waals surface area contributed by atoms with Crippen molar-refractivity contribution in [1.29, 1.82) is 0 Å². The van der Waals surface area contributed by atoms with Gasteiger partial charge in [0.2, 0.25) is 5.91 Å². The number of methoxy groups -OCH3 is 1. The molecule has 0 aliphatic carbocycles. The van der Waals surface area contributed by atoms with Crippen LogP contribution >= 0.6 is 24.0 Å². The summed E-state index contributed by atoms with van der Waals surface area (Å²) < 4.78 is 34.9. The van der Waals surface area contributed by atoms with Gasteiger partial charge in [-0.15, -0.1) is 24.0 Å². The highest BCUT2D eigenvalue weighted by atomic mass is 127. The van der Waals surface area contributed by atoms with Gasteiger partial charge in [-0.1, -0.05) is 6.07 Å². The third-order valence-corrected chi connectivity index (χ3v) is 3.95. The number of amides is 1. The standard InChI is InChI=1S/C20H25F2N5O3.HI/c1-13-5-4-6-17(26-13)27-18(28)9-10-24-20(23-2)25-12-14-11-15(29-3)7-8-16(14)30-19(21)22;/h4-8,11,19H,9-10,12H2,1-3H3,(H2,23,24,25)(H,26,27,28);1H. The average molecular weight is 549 g/mol. The van der Waals surface area contributed by atoms with Crippen LogP contribution in [0.2, 0.25) is 0 Å². The van der Waals surface area contributed by atoms with E-state index in [1.165, 1.54) is 19.2 Å². The molecule has 0 aliphatic heterocycles. The number of anilines is 1. The summed E-state index contributed by atoms with van der Waals surface area (Å²) in [7, 11) is 3.05. The Labute approximate surface area is 196 Å². The summed E-state index contributed by atoms with van der Waals surface area (Å²) in [6.45, 7) is -0.614. The normalized spacial score (nSPS) is 10.8. The van der Waals surface area contributed by atoms with Gasteiger partial charge in [-0.2, -0.15) is 8.78 Å². The van der Waals surface area contributed by atoms with Crippen LogP contribution in [0.15, 0.2) is 41.4 Å². The molecular weight excluding hydrogens is 523 g/mol. The molecule has 0 saturated carbocycles. The lowest BCUT2D eigenvalue weighted by atomic mass is 10.2. The van der Waals surface area contributed by atoms with Gasteiger partial charge in [0, 0.05) is 37.8 Å². The Morgan fingerprint density at radius 3 is 2.65 bits per heavy atom. The average Bonchev–Trinajstić information content (AvgIpc) is 2.71. The van der Waals surface area contributed by atoms with Crippen molar-refractivity contribution in [2.24, 2.45) is 4.99 Å². The molecule has 1 aromatic carbocycles. The van der Waals surface area contributed by atoms with Crippen LogP contribution in [0, 0.1) is 6.92 Å². The van der Waals surface area contributed by atoms with Crippen LogP contribution in [0.5, 0.6) is 11.5 Å². The van der Waals surface area contributed by atoms with E-state index in [-0.39, 0.29) is 48.6 Å². The molecule has 1 aromatic heterocycles. The Bertz CT molecular complexity index is 884. The lowest BCUT2D eigenvalue weighted by molar-refractivity contribution is -0.116. The smallest absolute Gasteiger partial charge is 0.387 e. The Morgan fingerprint density at radius 1 is 1.23 bits per heavy atom. The molecule has 170 valence electrons. The Balaban J connectivity index is 0.00000480. The van der Waals surface area contributed by atoms with Crippen LogP contribution in [-0.2, 0) is 11.3 Å². The minimum atomic E-state index is -2.93. The molecule has 31 heavy (non-hydrogen) atoms. The van der Waals surface area contributed by atoms with E-state index in [1.807, 2.05) is 19.1 Å². The van der Waals surface area contributed by atoms with Crippen molar-refractivity contribution < 1.29 is 23.0 Å². The molecule has 1 amide bonds. The number of carbonyl (C=O) groups is 1. The maximum absolute atomic E-state index is 12.6. The number of pyridine rings is 1. The molecule has 0 saturated heterocycles. The molecular formula is C20H26F2IN5O3. The van der Waals surface area contributed by atoms with Crippen molar-refractivity contribution in [3.8, 4) is 11.5 Å². The van der Waals surface area contributed by atoms with E-state index in [2.05, 4.69) is 30.7 Å². The van der Waals surface area contributed by atoms with Crippen LogP contribution in [0.3, 0.4) is 0 Å². The number of nitrogens with zero attached hydrogens (tertiary/aromatic N) is 2. The largest absolute Gasteiger partial charge is 0.497 e. The molecule has 0 fully saturated rings. The number of nitrogens with one attached hydrogen (secondary N) is 3. The second-order valence-corrected chi connectivity index (χ2v) is 6.17. The van der Waals surface area contributed by atoms with Crippen molar-refractivity contribution in [3.63, 3.8) is 0 Å². The summed E-state index contributed by atoms with van der Waals surface area (Å²) in [5, 5.41) is 8.71. The molecule has 2 rings (SSSR count). The fourth-order valence-corrected chi connectivity index (χ4v) is 2.54. The lowest BCUT2D eigenvalue weighted by Crippen LogP contribution is -2.38. The van der Waals surface area contributed by atoms with Crippen molar-refractivity contribution >= 4 is 41.7 Å². The maximum Gasteiger partial charge on any atom is 0.387 e. The number of hydrogen-bond donors (Lipinski definition) is 3. The third-order valence-electron chi connectivity index (χ3n) is 3.95. The molecule has 1 heterocycles. The van der Waals surface area contributed by atoms with Gasteiger partial charge in [0.25, 0.3) is 0 Å². The summed E-state index contributed by atoms with van der Waals surface area (Å²) >= 11 is 0. The number of hydrogen-bond acceptors (Lipinski definition) is 5. The van der Waals surface area contributed by atoms with Crippen LogP contribution in [-0.4, -0.2) is 44.2 Å². The summed E-state index contributed by atoms with van der Waals surface area (Å²) in [6, 6.07) is 9.92. The van der Waals surface area contributed by atoms with E-state index >= 15 is 0 Å². The minimum Gasteiger partial charge on any atom is -0.497 e. The molecule has 2 aromatic rings. The summed E-state index contributed by atoms with van der Waals surface area (Å²) in [4.78, 5) is 20.3. The van der Waals surface area contributed by atoms with Gasteiger partial charge >= 0.3 is 6.61 Å². The number of guanidine groups is 1. The Kier molecular flexibility index (Phi) is 11.5. The highest BCUT2D eigenvalue weighted by Gasteiger charge is 2.12. The monoisotopic (exact) mass is 549 g/mol. The van der Waals surface area contributed by atoms with Gasteiger partial charge in [-0.3, -0.25) is 9.79 Å². The predicted molar refractivity (Wildman–Crippen MR) is 125 cm³/mol. The molecule has 3 N–H and O–H groups in total. The van der Waals surface area contributed by atoms with E-state index in [0.717, 1.165) is 5.69 Å². The molecule has 8 nitrogen and oxygen atoms in total. The van der Waals surface area contributed by atoms with Gasteiger partial charge in [-0.05, 0) is 37.3 Å². The number of rotatable bonds is 9. The van der Waals surface area contributed by atoms with E-state index in [9.17, 15) is 13.6 Å². The van der Waals surface area contributed by atoms with E-state index < -0.39 is 6.61 Å². The van der Waals surface area contributed by atoms with E-state index in [0.29, 0.717) is 29.6 Å². The van der Waals surface area contributed by atoms with Gasteiger partial charge < -0.3 is 25.4 Å². The number of aryl methyl sites for hydroxylation is 1. The minimum absolute atomic E-state index is 0. The summed E-state index contributed by atoms with van der Waals surface area (Å²) in [6.07, 6.45) is 0.190. The van der Waals surface area contributed by atoms with Gasteiger partial charge in [0.1, 0.15) is 17.3 Å². The van der Waals surface area contributed by atoms with Gasteiger partial charge in [-0.25, -0.2) is 4.98 Å². The van der Waals surface area contributed by atoms with Crippen molar-refractivity contribution in [2.75, 3.05) is 26.0 Å². The van der Waals surface area contributed by atoms with Crippen molar-refractivity contribution in [3.05, 3.63) is 47.7 Å². The number of aliphatic imine (C=N–C) groups is 1. The van der Waals surface area contributed by atoms with Gasteiger partial charge in [0.05, 0.1) is 7.11 Å². The Morgan fingerprint density at radius 2 is 2.00 bits per heavy atom. The number of benzene rings is 1. The lowest BCUT2D eigenvalue weighted by Gasteiger charge is -2.15. The predicted octanol–water partition coefficient (Wildman–Crippen LogP) is 3.31. The third kappa shape index (κ3) is 9.32. The fourth-order valence-electron chi connectivity index (χ4n) is 2.54. The quantitative estimate of drug-likeness (QED) is 0.253. The van der Waals surface area contributed by atoms with Gasteiger partial charge in [0.15, 0.2) is 5.96 Å². The van der Waals surface area contributed by atoms with Crippen LogP contribution in [0.25, 0.3) is 0 Å². The van der Waals surface area contributed by atoms with E-state index in [4.69, 9.17) is 4.74 Å². The molecule has 0 atom stereocenters. The van der Waals surface area contributed by atoms with Crippen LogP contribution in [0.4, 0.5) is 14.6 Å². The molecule has 0 aliphatic rings. The van der Waals surface area contributed by atoms with Crippen LogP contribution < -0.4 is 25.4 Å². The van der Waals surface area contributed by atoms with Crippen LogP contribution in [0.1, 0.15) is 17.7 Å². The first-order valence-corrected chi connectivity index (χ1v) is 9.21. The Hall–Kier alpha value is -2.70. The number of carbonyl (C=O) groups excluding carboxylic acids is 1. The first kappa shape index (κ1) is 26.3. The van der Waals surface area contributed by atoms with E-state index in [1.54, 1.807) is 19.2 Å². The zero-order valence-electron chi connectivity index (χ0n) is 17.4. The molecule has 0 bridgehead atoms. The summed E-state index contributed by atoms with van der Waals surface area (Å²) in [5.41, 5.74) is 1.28. The zero-order chi connectivity index (χ0) is 21.9. The number of ether oxygens (including phenoxy) is 2. The second-order valence-electron chi connectivity index (χ2n) is 6.17. The van der Waals surface area contributed by atoms with Crippen molar-refractivity contribution in [2.45, 2.75) is 26.5 Å². The zero-order valence-corrected chi connectivity index (χ0v) is 19.8. The number of alkyl halides is 2. The molecule has 0 unspecified atom stereocenters. The summed E-state index contributed by atoms with van der Waals surface area (Å²) in [5.74, 6) is 1.25. The van der Waals surface area contributed by atoms with Crippen molar-refractivity contribution in [1.82, 2.24) is 15.6 Å². The first-order valence-electron chi connectivity index (χ1n) is 9.21. The highest BCUT2D eigenvalue weighted by molar-refractivity contribution is 14.0.